The molecule has 16 heavy (non-hydrogen) atoms. The Bertz CT molecular complexity index is 366. The highest BCUT2D eigenvalue weighted by Crippen LogP contribution is 2.53. The number of carboxylic acid groups (broad SMARTS) is 1. The van der Waals surface area contributed by atoms with Gasteiger partial charge in [-0.25, -0.2) is 0 Å². The second-order valence-electron chi connectivity index (χ2n) is 4.92. The third-order valence-electron chi connectivity index (χ3n) is 4.07. The lowest BCUT2D eigenvalue weighted by molar-refractivity contribution is -0.142. The van der Waals surface area contributed by atoms with Crippen molar-refractivity contribution in [2.75, 3.05) is 0 Å². The van der Waals surface area contributed by atoms with Crippen LogP contribution in [0.4, 0.5) is 0 Å². The average molecular weight is 218 g/mol. The molecule has 0 saturated heterocycles. The van der Waals surface area contributed by atoms with E-state index < -0.39 is 5.97 Å². The van der Waals surface area contributed by atoms with Gasteiger partial charge in [0.2, 0.25) is 0 Å². The molecule has 2 heteroatoms. The first-order valence-corrected chi connectivity index (χ1v) is 5.91. The summed E-state index contributed by atoms with van der Waals surface area (Å²) < 4.78 is 0. The molecular formula is C14H18O2. The number of aliphatic carboxylic acids is 1. The fraction of sp³-hybridized carbons (Fsp3) is 0.500. The van der Waals surface area contributed by atoms with Crippen molar-refractivity contribution in [2.45, 2.75) is 38.5 Å². The lowest BCUT2D eigenvalue weighted by Gasteiger charge is -2.46. The van der Waals surface area contributed by atoms with E-state index in [0.717, 1.165) is 12.8 Å². The van der Waals surface area contributed by atoms with E-state index in [-0.39, 0.29) is 5.41 Å². The number of rotatable bonds is 4. The van der Waals surface area contributed by atoms with Gasteiger partial charge in [-0.05, 0) is 29.7 Å². The van der Waals surface area contributed by atoms with Crippen molar-refractivity contribution in [3.63, 3.8) is 0 Å². The summed E-state index contributed by atoms with van der Waals surface area (Å²) in [5.41, 5.74) is 1.27. The largest absolute Gasteiger partial charge is 0.481 e. The zero-order valence-electron chi connectivity index (χ0n) is 9.65. The van der Waals surface area contributed by atoms with E-state index in [9.17, 15) is 4.79 Å². The number of hydrogen-bond donors (Lipinski definition) is 1. The molecule has 1 unspecified atom stereocenters. The zero-order chi connectivity index (χ0) is 11.6. The quantitative estimate of drug-likeness (QED) is 0.840. The van der Waals surface area contributed by atoms with Crippen LogP contribution in [0, 0.1) is 5.41 Å². The fourth-order valence-electron chi connectivity index (χ4n) is 2.79. The van der Waals surface area contributed by atoms with Crippen LogP contribution in [0.2, 0.25) is 0 Å². The number of carbonyl (C=O) groups is 1. The van der Waals surface area contributed by atoms with Gasteiger partial charge in [0.25, 0.3) is 0 Å². The highest BCUT2D eigenvalue weighted by Gasteiger charge is 2.43. The van der Waals surface area contributed by atoms with Gasteiger partial charge in [0.1, 0.15) is 0 Å². The highest BCUT2D eigenvalue weighted by atomic mass is 16.4. The molecule has 2 nitrogen and oxygen atoms in total. The first-order valence-electron chi connectivity index (χ1n) is 5.91. The Kier molecular flexibility index (Phi) is 2.99. The van der Waals surface area contributed by atoms with Gasteiger partial charge in [0.05, 0.1) is 6.42 Å². The van der Waals surface area contributed by atoms with Crippen LogP contribution in [0.15, 0.2) is 30.3 Å². The SMILES string of the molecule is CC(c1ccccc1)C1(CC(=O)O)CCC1. The molecule has 1 aromatic rings. The second kappa shape index (κ2) is 4.28. The summed E-state index contributed by atoms with van der Waals surface area (Å²) in [6, 6.07) is 10.3. The summed E-state index contributed by atoms with van der Waals surface area (Å²) in [7, 11) is 0. The van der Waals surface area contributed by atoms with E-state index in [2.05, 4.69) is 19.1 Å². The minimum absolute atomic E-state index is 0.00713. The number of benzene rings is 1. The van der Waals surface area contributed by atoms with Gasteiger partial charge in [0.15, 0.2) is 0 Å². The van der Waals surface area contributed by atoms with E-state index in [4.69, 9.17) is 5.11 Å². The maximum atomic E-state index is 10.9. The van der Waals surface area contributed by atoms with Crippen LogP contribution >= 0.6 is 0 Å². The van der Waals surface area contributed by atoms with E-state index in [0.29, 0.717) is 12.3 Å². The standard InChI is InChI=1S/C14H18O2/c1-11(12-6-3-2-4-7-12)14(8-5-9-14)10-13(15)16/h2-4,6-7,11H,5,8-10H2,1H3,(H,15,16). The summed E-state index contributed by atoms with van der Waals surface area (Å²) in [6.07, 6.45) is 3.58. The normalized spacial score (nSPS) is 19.8. The molecule has 1 N–H and O–H groups in total. The Morgan fingerprint density at radius 3 is 2.44 bits per heavy atom. The van der Waals surface area contributed by atoms with Gasteiger partial charge in [-0.2, -0.15) is 0 Å². The van der Waals surface area contributed by atoms with Crippen LogP contribution < -0.4 is 0 Å². The van der Waals surface area contributed by atoms with Gasteiger partial charge in [-0.1, -0.05) is 43.7 Å². The van der Waals surface area contributed by atoms with Gasteiger partial charge in [-0.15, -0.1) is 0 Å². The predicted octanol–water partition coefficient (Wildman–Crippen LogP) is 3.44. The first-order chi connectivity index (χ1) is 7.64. The third kappa shape index (κ3) is 1.97. The van der Waals surface area contributed by atoms with Crippen LogP contribution in [0.5, 0.6) is 0 Å². The van der Waals surface area contributed by atoms with Gasteiger partial charge < -0.3 is 5.11 Å². The molecule has 86 valence electrons. The van der Waals surface area contributed by atoms with E-state index in [1.54, 1.807) is 0 Å². The van der Waals surface area contributed by atoms with Crippen molar-refractivity contribution in [2.24, 2.45) is 5.41 Å². The maximum Gasteiger partial charge on any atom is 0.303 e. The van der Waals surface area contributed by atoms with Crippen molar-refractivity contribution in [1.82, 2.24) is 0 Å². The molecule has 1 aliphatic rings. The molecule has 0 bridgehead atoms. The molecule has 1 aromatic carbocycles. The van der Waals surface area contributed by atoms with Crippen LogP contribution in [-0.2, 0) is 4.79 Å². The Hall–Kier alpha value is -1.31. The molecule has 1 aliphatic carbocycles. The number of hydrogen-bond acceptors (Lipinski definition) is 1. The van der Waals surface area contributed by atoms with Crippen molar-refractivity contribution in [3.05, 3.63) is 35.9 Å². The molecule has 1 atom stereocenters. The van der Waals surface area contributed by atoms with Crippen molar-refractivity contribution in [1.29, 1.82) is 0 Å². The van der Waals surface area contributed by atoms with Crippen LogP contribution in [0.3, 0.4) is 0 Å². The van der Waals surface area contributed by atoms with Crippen molar-refractivity contribution < 1.29 is 9.90 Å². The minimum atomic E-state index is -0.664. The summed E-state index contributed by atoms with van der Waals surface area (Å²) in [5, 5.41) is 9.01. The molecule has 2 rings (SSSR count). The summed E-state index contributed by atoms with van der Waals surface area (Å²) in [6.45, 7) is 2.16. The van der Waals surface area contributed by atoms with Gasteiger partial charge >= 0.3 is 5.97 Å². The Morgan fingerprint density at radius 1 is 1.38 bits per heavy atom. The summed E-state index contributed by atoms with van der Waals surface area (Å²) in [4.78, 5) is 10.9. The maximum absolute atomic E-state index is 10.9. The van der Waals surface area contributed by atoms with Crippen LogP contribution in [-0.4, -0.2) is 11.1 Å². The molecule has 0 aliphatic heterocycles. The Balaban J connectivity index is 2.19. The van der Waals surface area contributed by atoms with Crippen molar-refractivity contribution in [3.8, 4) is 0 Å². The van der Waals surface area contributed by atoms with Crippen LogP contribution in [0.25, 0.3) is 0 Å². The highest BCUT2D eigenvalue weighted by molar-refractivity contribution is 5.68. The first kappa shape index (κ1) is 11.2. The molecule has 0 amide bonds. The Morgan fingerprint density at radius 2 is 2.00 bits per heavy atom. The van der Waals surface area contributed by atoms with Crippen LogP contribution in [0.1, 0.15) is 44.1 Å². The second-order valence-corrected chi connectivity index (χ2v) is 4.92. The Labute approximate surface area is 96.3 Å². The average Bonchev–Trinajstić information content (AvgIpc) is 2.23. The fourth-order valence-corrected chi connectivity index (χ4v) is 2.79. The van der Waals surface area contributed by atoms with Gasteiger partial charge in [0, 0.05) is 0 Å². The smallest absolute Gasteiger partial charge is 0.303 e. The number of carboxylic acids is 1. The molecule has 1 saturated carbocycles. The minimum Gasteiger partial charge on any atom is -0.481 e. The lowest BCUT2D eigenvalue weighted by atomic mass is 9.58. The summed E-state index contributed by atoms with van der Waals surface area (Å²) >= 11 is 0. The molecule has 0 spiro atoms. The third-order valence-corrected chi connectivity index (χ3v) is 4.07. The molecule has 0 radical (unpaired) electrons. The van der Waals surface area contributed by atoms with Gasteiger partial charge in [-0.3, -0.25) is 4.79 Å². The monoisotopic (exact) mass is 218 g/mol. The lowest BCUT2D eigenvalue weighted by Crippen LogP contribution is -2.37. The van der Waals surface area contributed by atoms with E-state index in [1.165, 1.54) is 12.0 Å². The van der Waals surface area contributed by atoms with Crippen molar-refractivity contribution >= 4 is 5.97 Å². The van der Waals surface area contributed by atoms with E-state index >= 15 is 0 Å². The topological polar surface area (TPSA) is 37.3 Å². The van der Waals surface area contributed by atoms with E-state index in [1.807, 2.05) is 18.2 Å². The molecule has 0 aromatic heterocycles. The zero-order valence-corrected chi connectivity index (χ0v) is 9.65. The molecule has 1 fully saturated rings. The molecular weight excluding hydrogens is 200 g/mol. The molecule has 0 heterocycles. The predicted molar refractivity (Wildman–Crippen MR) is 63.4 cm³/mol. The summed E-state index contributed by atoms with van der Waals surface area (Å²) in [5.74, 6) is -0.318.